The van der Waals surface area contributed by atoms with E-state index in [1.165, 1.54) is 36.6 Å². The number of nitrogens with one attached hydrogen (secondary N) is 3. The van der Waals surface area contributed by atoms with Crippen molar-refractivity contribution < 1.29 is 28.5 Å². The van der Waals surface area contributed by atoms with Crippen LogP contribution < -0.4 is 21.3 Å². The fraction of sp³-hybridized carbons (Fsp3) is 0.344. The summed E-state index contributed by atoms with van der Waals surface area (Å²) in [6.45, 7) is 3.24. The van der Waals surface area contributed by atoms with Crippen molar-refractivity contribution in [2.24, 2.45) is 5.11 Å². The molecular weight excluding hydrogens is 603 g/mol. The van der Waals surface area contributed by atoms with Gasteiger partial charge in [0.1, 0.15) is 0 Å². The number of urea groups is 1. The van der Waals surface area contributed by atoms with Gasteiger partial charge in [-0.3, -0.25) is 20.3 Å². The van der Waals surface area contributed by atoms with Gasteiger partial charge in [0, 0.05) is 18.2 Å². The topological polar surface area (TPSA) is 138 Å². The van der Waals surface area contributed by atoms with Crippen molar-refractivity contribution in [1.82, 2.24) is 10.3 Å². The van der Waals surface area contributed by atoms with Gasteiger partial charge in [0.05, 0.1) is 22.3 Å². The summed E-state index contributed by atoms with van der Waals surface area (Å²) >= 11 is 1.12. The van der Waals surface area contributed by atoms with Gasteiger partial charge in [0.25, 0.3) is 11.7 Å². The number of alkyl halides is 3. The molecule has 3 amide bonds. The molecule has 5 rings (SSSR count). The Morgan fingerprint density at radius 3 is 2.36 bits per heavy atom. The molecule has 13 heteroatoms. The Hall–Kier alpha value is -4.36. The van der Waals surface area contributed by atoms with E-state index < -0.39 is 29.5 Å². The van der Waals surface area contributed by atoms with Crippen LogP contribution in [0.1, 0.15) is 77.6 Å². The summed E-state index contributed by atoms with van der Waals surface area (Å²) in [5, 5.41) is 8.84. The number of halogens is 3. The van der Waals surface area contributed by atoms with Crippen molar-refractivity contribution in [3.8, 4) is 0 Å². The first-order valence-corrected chi connectivity index (χ1v) is 15.5. The Morgan fingerprint density at radius 1 is 1.07 bits per heavy atom. The third-order valence-electron chi connectivity index (χ3n) is 7.93. The van der Waals surface area contributed by atoms with Crippen LogP contribution in [-0.4, -0.2) is 22.7 Å². The van der Waals surface area contributed by atoms with Crippen LogP contribution in [0.3, 0.4) is 0 Å². The molecule has 1 heterocycles. The van der Waals surface area contributed by atoms with Crippen molar-refractivity contribution in [3.63, 3.8) is 0 Å². The lowest BCUT2D eigenvalue weighted by atomic mass is 9.84. The number of quaternary nitrogens is 1. The van der Waals surface area contributed by atoms with Gasteiger partial charge in [-0.15, -0.1) is 5.11 Å². The zero-order valence-electron chi connectivity index (χ0n) is 25.0. The number of hydrogen-bond donors (Lipinski definition) is 4. The van der Waals surface area contributed by atoms with Crippen LogP contribution >= 0.6 is 11.3 Å². The van der Waals surface area contributed by atoms with Crippen LogP contribution in [-0.2, 0) is 12.7 Å². The highest BCUT2D eigenvalue weighted by Gasteiger charge is 2.32. The zero-order chi connectivity index (χ0) is 32.4. The summed E-state index contributed by atoms with van der Waals surface area (Å²) in [6.07, 6.45) is 1.42. The van der Waals surface area contributed by atoms with Crippen LogP contribution in [0.2, 0.25) is 0 Å². The van der Waals surface area contributed by atoms with Crippen molar-refractivity contribution in [3.05, 3.63) is 88.5 Å². The summed E-state index contributed by atoms with van der Waals surface area (Å²) in [5.41, 5.74) is 13.6. The van der Waals surface area contributed by atoms with Gasteiger partial charge in [-0.1, -0.05) is 54.9 Å². The molecule has 0 saturated heterocycles. The van der Waals surface area contributed by atoms with Crippen LogP contribution in [0, 0.1) is 12.5 Å². The molecule has 1 atom stereocenters. The lowest BCUT2D eigenvalue weighted by Gasteiger charge is -2.25. The molecule has 1 unspecified atom stereocenters. The molecule has 0 aliphatic heterocycles. The van der Waals surface area contributed by atoms with Crippen LogP contribution in [0.4, 0.5) is 28.8 Å². The number of fused-ring (bicyclic) bond motifs is 1. The third kappa shape index (κ3) is 7.66. The fourth-order valence-electron chi connectivity index (χ4n) is 5.51. The number of anilines is 2. The molecule has 4 aromatic rings. The van der Waals surface area contributed by atoms with Gasteiger partial charge < -0.3 is 5.73 Å². The molecule has 1 fully saturated rings. The van der Waals surface area contributed by atoms with E-state index in [2.05, 4.69) is 26.5 Å². The smallest absolute Gasteiger partial charge is 0.315 e. The standard InChI is InChI=1S/C32H34F3N7O2S/c1-19-16-24(32(33,34)35)17-26-27(19)45-29(38-26)39-30(44)42(25-14-12-22(13-15-25)21-6-4-3-5-7-21)18-20-8-10-23(11-9-20)28(43)40-31(2,36)41-37/h8-17,21,37H,3-7,18,36H2,1-2H3,(H,40,43)(H,38,39,44)/p+1. The van der Waals surface area contributed by atoms with Crippen molar-refractivity contribution in [2.45, 2.75) is 70.4 Å². The average Bonchev–Trinajstić information content (AvgIpc) is 3.43. The second-order valence-corrected chi connectivity index (χ2v) is 12.6. The first kappa shape index (κ1) is 32.0. The van der Waals surface area contributed by atoms with Crippen LogP contribution in [0.15, 0.2) is 65.8 Å². The lowest BCUT2D eigenvalue weighted by Crippen LogP contribution is -2.77. The highest BCUT2D eigenvalue weighted by atomic mass is 32.1. The number of carbonyl (C=O) groups is 2. The first-order valence-electron chi connectivity index (χ1n) is 14.7. The van der Waals surface area contributed by atoms with Gasteiger partial charge in [-0.25, -0.2) is 15.3 Å². The summed E-state index contributed by atoms with van der Waals surface area (Å²) in [7, 11) is 0. The highest BCUT2D eigenvalue weighted by molar-refractivity contribution is 7.22. The number of thiazole rings is 1. The normalized spacial score (nSPS) is 15.3. The predicted octanol–water partition coefficient (Wildman–Crippen LogP) is 7.59. The van der Waals surface area contributed by atoms with E-state index >= 15 is 0 Å². The number of benzene rings is 3. The highest BCUT2D eigenvalue weighted by Crippen LogP contribution is 2.37. The first-order chi connectivity index (χ1) is 21.3. The molecule has 236 valence electrons. The molecule has 1 aromatic heterocycles. The van der Waals surface area contributed by atoms with E-state index in [-0.39, 0.29) is 17.2 Å². The molecule has 1 saturated carbocycles. The molecular formula is C32H35F3N7O2S+. The van der Waals surface area contributed by atoms with Gasteiger partial charge in [-0.2, -0.15) is 13.2 Å². The second-order valence-electron chi connectivity index (χ2n) is 11.6. The Balaban J connectivity index is 1.41. The predicted molar refractivity (Wildman–Crippen MR) is 167 cm³/mol. The molecule has 1 aliphatic rings. The largest absolute Gasteiger partial charge is 0.416 e. The van der Waals surface area contributed by atoms with E-state index in [0.29, 0.717) is 27.4 Å². The summed E-state index contributed by atoms with van der Waals surface area (Å²) in [5.74, 6) is -1.24. The van der Waals surface area contributed by atoms with Crippen molar-refractivity contribution in [2.75, 3.05) is 10.2 Å². The zero-order valence-corrected chi connectivity index (χ0v) is 25.8. The summed E-state index contributed by atoms with van der Waals surface area (Å²) in [6, 6.07) is 16.2. The molecule has 0 radical (unpaired) electrons. The maximum absolute atomic E-state index is 13.8. The van der Waals surface area contributed by atoms with Crippen LogP contribution in [0.25, 0.3) is 10.2 Å². The van der Waals surface area contributed by atoms with E-state index in [1.807, 2.05) is 24.3 Å². The Bertz CT molecular complexity index is 1700. The van der Waals surface area contributed by atoms with E-state index in [9.17, 15) is 22.8 Å². The number of aromatic nitrogens is 1. The van der Waals surface area contributed by atoms with E-state index in [4.69, 9.17) is 5.53 Å². The maximum Gasteiger partial charge on any atom is 0.416 e. The number of amides is 3. The maximum atomic E-state index is 13.8. The third-order valence-corrected chi connectivity index (χ3v) is 9.05. The molecule has 45 heavy (non-hydrogen) atoms. The van der Waals surface area contributed by atoms with E-state index in [0.717, 1.165) is 41.9 Å². The van der Waals surface area contributed by atoms with Gasteiger partial charge in [0.15, 0.2) is 5.13 Å². The quantitative estimate of drug-likeness (QED) is 0.117. The SMILES string of the molecule is Cc1cc(C(F)(F)F)cc2nc(NC(=O)N(Cc3ccc(C(=O)NC(C)([NH3+])N=N)cc3)c3ccc(C4CCCCC4)cc3)sc12. The number of carbonyl (C=O) groups excluding carboxylic acids is 2. The van der Waals surface area contributed by atoms with Gasteiger partial charge in [-0.05, 0) is 78.8 Å². The molecule has 6 N–H and O–H groups in total. The Labute approximate surface area is 262 Å². The minimum Gasteiger partial charge on any atom is -0.315 e. The molecule has 1 aliphatic carbocycles. The minimum atomic E-state index is -4.51. The number of nitrogens with zero attached hydrogens (tertiary/aromatic N) is 3. The number of rotatable bonds is 8. The van der Waals surface area contributed by atoms with Gasteiger partial charge in [0.2, 0.25) is 0 Å². The lowest BCUT2D eigenvalue weighted by molar-refractivity contribution is -0.478. The molecule has 9 nitrogen and oxygen atoms in total. The van der Waals surface area contributed by atoms with Crippen molar-refractivity contribution in [1.29, 1.82) is 5.53 Å². The van der Waals surface area contributed by atoms with E-state index in [1.54, 1.807) is 31.2 Å². The van der Waals surface area contributed by atoms with Crippen LogP contribution in [0.5, 0.6) is 0 Å². The summed E-state index contributed by atoms with van der Waals surface area (Å²) < 4.78 is 40.7. The number of hydrogen-bond acceptors (Lipinski definition) is 6. The Kier molecular flexibility index (Phi) is 9.21. The molecule has 3 aromatic carbocycles. The fourth-order valence-corrected chi connectivity index (χ4v) is 6.41. The number of aryl methyl sites for hydroxylation is 1. The van der Waals surface area contributed by atoms with Gasteiger partial charge >= 0.3 is 12.2 Å². The average molecular weight is 639 g/mol. The second kappa shape index (κ2) is 12.9. The minimum absolute atomic E-state index is 0.147. The van der Waals surface area contributed by atoms with Crippen molar-refractivity contribution >= 4 is 44.3 Å². The Morgan fingerprint density at radius 2 is 1.73 bits per heavy atom. The molecule has 0 bridgehead atoms. The monoisotopic (exact) mass is 638 g/mol. The summed E-state index contributed by atoms with van der Waals surface area (Å²) in [4.78, 5) is 32.2. The molecule has 0 spiro atoms.